The first-order valence-corrected chi connectivity index (χ1v) is 6.56. The fourth-order valence-corrected chi connectivity index (χ4v) is 2.57. The predicted octanol–water partition coefficient (Wildman–Crippen LogP) is 1.65. The monoisotopic (exact) mass is 259 g/mol. The van der Waals surface area contributed by atoms with Gasteiger partial charge in [-0.15, -0.1) is 0 Å². The van der Waals surface area contributed by atoms with Crippen LogP contribution < -0.4 is 5.73 Å². The molecular weight excluding hydrogens is 242 g/mol. The van der Waals surface area contributed by atoms with Gasteiger partial charge in [-0.05, 0) is 25.8 Å². The Bertz CT molecular complexity index is 574. The molecule has 1 fully saturated rings. The van der Waals surface area contributed by atoms with Crippen molar-refractivity contribution >= 4 is 0 Å². The minimum absolute atomic E-state index is 0.175. The summed E-state index contributed by atoms with van der Waals surface area (Å²) in [7, 11) is 0. The maximum absolute atomic E-state index is 6.31. The molecule has 0 saturated heterocycles. The van der Waals surface area contributed by atoms with Crippen molar-refractivity contribution in [3.8, 4) is 11.5 Å². The van der Waals surface area contributed by atoms with Gasteiger partial charge in [0, 0.05) is 18.2 Å². The zero-order chi connectivity index (χ0) is 13.3. The highest BCUT2D eigenvalue weighted by molar-refractivity contribution is 5.46. The molecule has 0 unspecified atom stereocenters. The van der Waals surface area contributed by atoms with Crippen LogP contribution in [-0.4, -0.2) is 25.6 Å². The zero-order valence-electron chi connectivity index (χ0n) is 11.0. The highest BCUT2D eigenvalue weighted by atomic mass is 16.5. The van der Waals surface area contributed by atoms with Crippen molar-refractivity contribution in [3.63, 3.8) is 0 Å². The van der Waals surface area contributed by atoms with Crippen molar-refractivity contribution in [2.75, 3.05) is 0 Å². The van der Waals surface area contributed by atoms with Gasteiger partial charge in [0.25, 0.3) is 0 Å². The molecule has 2 aromatic heterocycles. The third-order valence-electron chi connectivity index (χ3n) is 3.58. The molecule has 3 rings (SSSR count). The van der Waals surface area contributed by atoms with Crippen molar-refractivity contribution in [2.24, 2.45) is 5.73 Å². The molecule has 2 N–H and O–H groups in total. The van der Waals surface area contributed by atoms with Crippen molar-refractivity contribution in [1.82, 2.24) is 20.1 Å². The van der Waals surface area contributed by atoms with E-state index in [9.17, 15) is 0 Å². The van der Waals surface area contributed by atoms with Crippen molar-refractivity contribution in [1.29, 1.82) is 0 Å². The highest BCUT2D eigenvalue weighted by Gasteiger charge is 2.31. The van der Waals surface area contributed by atoms with Crippen LogP contribution in [0.4, 0.5) is 0 Å². The number of aryl methyl sites for hydroxylation is 1. The second-order valence-corrected chi connectivity index (χ2v) is 5.25. The quantitative estimate of drug-likeness (QED) is 0.901. The van der Waals surface area contributed by atoms with Crippen molar-refractivity contribution in [2.45, 2.75) is 44.6 Å². The van der Waals surface area contributed by atoms with Crippen molar-refractivity contribution in [3.05, 3.63) is 24.0 Å². The highest BCUT2D eigenvalue weighted by Crippen LogP contribution is 2.30. The predicted molar refractivity (Wildman–Crippen MR) is 69.2 cm³/mol. The van der Waals surface area contributed by atoms with Crippen LogP contribution in [0, 0.1) is 6.92 Å². The number of hydrogen-bond donors (Lipinski definition) is 1. The maximum atomic E-state index is 6.31. The third kappa shape index (κ3) is 2.63. The van der Waals surface area contributed by atoms with Gasteiger partial charge in [-0.3, -0.25) is 0 Å². The first-order chi connectivity index (χ1) is 9.15. The van der Waals surface area contributed by atoms with Crippen LogP contribution in [0.5, 0.6) is 0 Å². The molecule has 0 aliphatic heterocycles. The minimum Gasteiger partial charge on any atom is -0.339 e. The Labute approximate surface area is 111 Å². The molecule has 0 atom stereocenters. The molecular formula is C13H17N5O. The summed E-state index contributed by atoms with van der Waals surface area (Å²) >= 11 is 0. The molecule has 0 spiro atoms. The van der Waals surface area contributed by atoms with Gasteiger partial charge in [0.15, 0.2) is 0 Å². The Balaban J connectivity index is 1.79. The van der Waals surface area contributed by atoms with Crippen LogP contribution in [0.3, 0.4) is 0 Å². The van der Waals surface area contributed by atoms with E-state index in [1.807, 2.05) is 6.92 Å². The summed E-state index contributed by atoms with van der Waals surface area (Å²) in [5.41, 5.74) is 6.82. The van der Waals surface area contributed by atoms with Gasteiger partial charge in [-0.1, -0.05) is 18.0 Å². The smallest absolute Gasteiger partial charge is 0.228 e. The largest absolute Gasteiger partial charge is 0.339 e. The Kier molecular flexibility index (Phi) is 3.02. The second kappa shape index (κ2) is 4.70. The van der Waals surface area contributed by atoms with Crippen LogP contribution in [0.25, 0.3) is 11.5 Å². The normalized spacial score (nSPS) is 17.8. The molecule has 1 aliphatic rings. The van der Waals surface area contributed by atoms with Crippen LogP contribution in [0.1, 0.15) is 37.4 Å². The number of hydrogen-bond acceptors (Lipinski definition) is 6. The van der Waals surface area contributed by atoms with Gasteiger partial charge in [0.05, 0.1) is 0 Å². The standard InChI is InChI=1S/C13H17N5O/c1-9-15-7-4-10(16-9)12-17-11(19-18-12)8-13(14)5-2-3-6-13/h4,7H,2-3,5-6,8,14H2,1H3. The van der Waals surface area contributed by atoms with E-state index in [0.717, 1.165) is 12.8 Å². The Hall–Kier alpha value is -1.82. The number of nitrogens with two attached hydrogens (primary N) is 1. The SMILES string of the molecule is Cc1nccc(-c2noc(CC3(N)CCCC3)n2)n1. The molecule has 1 aliphatic carbocycles. The van der Waals surface area contributed by atoms with Crippen LogP contribution in [-0.2, 0) is 6.42 Å². The molecule has 0 aromatic carbocycles. The second-order valence-electron chi connectivity index (χ2n) is 5.25. The Morgan fingerprint density at radius 1 is 1.32 bits per heavy atom. The van der Waals surface area contributed by atoms with E-state index in [0.29, 0.717) is 29.7 Å². The Morgan fingerprint density at radius 2 is 2.11 bits per heavy atom. The topological polar surface area (TPSA) is 90.7 Å². The average Bonchev–Trinajstić information content (AvgIpc) is 2.99. The zero-order valence-corrected chi connectivity index (χ0v) is 11.0. The van der Waals surface area contributed by atoms with Gasteiger partial charge in [-0.25, -0.2) is 9.97 Å². The molecule has 19 heavy (non-hydrogen) atoms. The molecule has 0 amide bonds. The number of aromatic nitrogens is 4. The molecule has 2 heterocycles. The molecule has 1 saturated carbocycles. The lowest BCUT2D eigenvalue weighted by Crippen LogP contribution is -2.38. The van der Waals surface area contributed by atoms with Gasteiger partial charge < -0.3 is 10.3 Å². The minimum atomic E-state index is -0.175. The summed E-state index contributed by atoms with van der Waals surface area (Å²) in [5.74, 6) is 1.78. The Morgan fingerprint density at radius 3 is 2.84 bits per heavy atom. The van der Waals surface area contributed by atoms with E-state index in [2.05, 4.69) is 20.1 Å². The lowest BCUT2D eigenvalue weighted by atomic mass is 9.95. The van der Waals surface area contributed by atoms with Crippen molar-refractivity contribution < 1.29 is 4.52 Å². The summed E-state index contributed by atoms with van der Waals surface area (Å²) in [4.78, 5) is 12.7. The summed E-state index contributed by atoms with van der Waals surface area (Å²) in [6.45, 7) is 1.83. The summed E-state index contributed by atoms with van der Waals surface area (Å²) in [5, 5.41) is 3.97. The van der Waals surface area contributed by atoms with E-state index in [1.165, 1.54) is 12.8 Å². The number of nitrogens with zero attached hydrogens (tertiary/aromatic N) is 4. The van der Waals surface area contributed by atoms with E-state index in [-0.39, 0.29) is 5.54 Å². The fraction of sp³-hybridized carbons (Fsp3) is 0.538. The van der Waals surface area contributed by atoms with E-state index < -0.39 is 0 Å². The first-order valence-electron chi connectivity index (χ1n) is 6.56. The molecule has 6 nitrogen and oxygen atoms in total. The van der Waals surface area contributed by atoms with E-state index in [4.69, 9.17) is 10.3 Å². The molecule has 100 valence electrons. The lowest BCUT2D eigenvalue weighted by Gasteiger charge is -2.20. The first kappa shape index (κ1) is 12.2. The molecule has 2 aromatic rings. The van der Waals surface area contributed by atoms with Gasteiger partial charge in [0.2, 0.25) is 11.7 Å². The van der Waals surface area contributed by atoms with E-state index in [1.54, 1.807) is 12.3 Å². The summed E-state index contributed by atoms with van der Waals surface area (Å²) in [6, 6.07) is 1.77. The lowest BCUT2D eigenvalue weighted by molar-refractivity contribution is 0.329. The number of rotatable bonds is 3. The van der Waals surface area contributed by atoms with Gasteiger partial charge in [0.1, 0.15) is 11.5 Å². The summed E-state index contributed by atoms with van der Waals surface area (Å²) < 4.78 is 5.28. The van der Waals surface area contributed by atoms with Crippen LogP contribution in [0.2, 0.25) is 0 Å². The molecule has 6 heteroatoms. The average molecular weight is 259 g/mol. The van der Waals surface area contributed by atoms with Gasteiger partial charge in [-0.2, -0.15) is 4.98 Å². The maximum Gasteiger partial charge on any atom is 0.228 e. The van der Waals surface area contributed by atoms with Crippen LogP contribution >= 0.6 is 0 Å². The molecule has 0 radical (unpaired) electrons. The van der Waals surface area contributed by atoms with Gasteiger partial charge >= 0.3 is 0 Å². The van der Waals surface area contributed by atoms with Crippen LogP contribution in [0.15, 0.2) is 16.8 Å². The third-order valence-corrected chi connectivity index (χ3v) is 3.58. The van der Waals surface area contributed by atoms with E-state index >= 15 is 0 Å². The fourth-order valence-electron chi connectivity index (χ4n) is 2.57. The molecule has 0 bridgehead atoms. The summed E-state index contributed by atoms with van der Waals surface area (Å²) in [6.07, 6.45) is 6.75.